The van der Waals surface area contributed by atoms with Crippen LogP contribution in [0.15, 0.2) is 18.5 Å². The largest absolute Gasteiger partial charge is 0.389 e. The molecule has 2 aliphatic carbocycles. The van der Waals surface area contributed by atoms with Gasteiger partial charge in [-0.1, -0.05) is 12.2 Å². The summed E-state index contributed by atoms with van der Waals surface area (Å²) in [6, 6.07) is 2.62. The molecule has 1 aromatic heterocycles. The monoisotopic (exact) mass is 247 g/mol. The lowest BCUT2D eigenvalue weighted by Gasteiger charge is -2.26. The third-order valence-electron chi connectivity index (χ3n) is 3.51. The molecule has 0 amide bonds. The van der Waals surface area contributed by atoms with Gasteiger partial charge in [0, 0.05) is 24.3 Å². The van der Waals surface area contributed by atoms with E-state index in [9.17, 15) is 0 Å². The van der Waals surface area contributed by atoms with Crippen LogP contribution >= 0.6 is 12.2 Å². The van der Waals surface area contributed by atoms with Crippen LogP contribution < -0.4 is 10.6 Å². The number of aromatic nitrogens is 1. The molecule has 2 fully saturated rings. The summed E-state index contributed by atoms with van der Waals surface area (Å²) in [5, 5.41) is 0. The Hall–Kier alpha value is -1.16. The minimum Gasteiger partial charge on any atom is -0.389 e. The van der Waals surface area contributed by atoms with Crippen LogP contribution in [0.1, 0.15) is 31.2 Å². The van der Waals surface area contributed by atoms with Crippen LogP contribution in [0.4, 0.5) is 5.69 Å². The van der Waals surface area contributed by atoms with E-state index in [-0.39, 0.29) is 0 Å². The summed E-state index contributed by atoms with van der Waals surface area (Å²) in [7, 11) is 0. The highest BCUT2D eigenvalue weighted by atomic mass is 32.1. The molecule has 0 aliphatic heterocycles. The van der Waals surface area contributed by atoms with Gasteiger partial charge in [0.05, 0.1) is 11.9 Å². The fraction of sp³-hybridized carbons (Fsp3) is 0.538. The van der Waals surface area contributed by atoms with Crippen LogP contribution in [-0.2, 0) is 0 Å². The Morgan fingerprint density at radius 3 is 2.76 bits per heavy atom. The third kappa shape index (κ3) is 2.41. The number of rotatable bonds is 5. The van der Waals surface area contributed by atoms with Crippen LogP contribution in [0.25, 0.3) is 0 Å². The number of pyridine rings is 1. The van der Waals surface area contributed by atoms with Crippen molar-refractivity contribution in [3.63, 3.8) is 0 Å². The van der Waals surface area contributed by atoms with E-state index in [0.29, 0.717) is 11.0 Å². The standard InChI is InChI=1S/C13H17N3S/c14-13(17)11-5-6-15-7-12(11)16(10-3-4-10)8-9-1-2-9/h5-7,9-10H,1-4,8H2,(H2,14,17). The van der Waals surface area contributed by atoms with Crippen molar-refractivity contribution in [1.29, 1.82) is 0 Å². The lowest BCUT2D eigenvalue weighted by molar-refractivity contribution is 0.717. The highest BCUT2D eigenvalue weighted by Crippen LogP contribution is 2.38. The molecule has 0 saturated heterocycles. The van der Waals surface area contributed by atoms with Crippen molar-refractivity contribution in [3.05, 3.63) is 24.0 Å². The van der Waals surface area contributed by atoms with Gasteiger partial charge in [-0.3, -0.25) is 4.98 Å². The predicted molar refractivity (Wildman–Crippen MR) is 73.2 cm³/mol. The summed E-state index contributed by atoms with van der Waals surface area (Å²) in [6.45, 7) is 1.14. The molecule has 3 rings (SSSR count). The van der Waals surface area contributed by atoms with Gasteiger partial charge < -0.3 is 10.6 Å². The van der Waals surface area contributed by atoms with Crippen molar-refractivity contribution < 1.29 is 0 Å². The molecule has 0 spiro atoms. The highest BCUT2D eigenvalue weighted by molar-refractivity contribution is 7.80. The van der Waals surface area contributed by atoms with E-state index >= 15 is 0 Å². The maximum absolute atomic E-state index is 5.80. The lowest BCUT2D eigenvalue weighted by Crippen LogP contribution is -2.30. The second-order valence-corrected chi connectivity index (χ2v) is 5.52. The SMILES string of the molecule is NC(=S)c1ccncc1N(CC1CC1)C1CC1. The maximum Gasteiger partial charge on any atom is 0.106 e. The fourth-order valence-electron chi connectivity index (χ4n) is 2.23. The molecular weight excluding hydrogens is 230 g/mol. The zero-order valence-corrected chi connectivity index (χ0v) is 10.6. The van der Waals surface area contributed by atoms with E-state index in [4.69, 9.17) is 18.0 Å². The zero-order chi connectivity index (χ0) is 11.8. The zero-order valence-electron chi connectivity index (χ0n) is 9.80. The van der Waals surface area contributed by atoms with E-state index in [2.05, 4.69) is 9.88 Å². The quantitative estimate of drug-likeness (QED) is 0.809. The molecule has 1 aromatic rings. The van der Waals surface area contributed by atoms with Crippen molar-refractivity contribution in [3.8, 4) is 0 Å². The van der Waals surface area contributed by atoms with Gasteiger partial charge >= 0.3 is 0 Å². The summed E-state index contributed by atoms with van der Waals surface area (Å²) >= 11 is 5.13. The summed E-state index contributed by atoms with van der Waals surface area (Å²) in [5.41, 5.74) is 7.90. The van der Waals surface area contributed by atoms with Crippen molar-refractivity contribution >= 4 is 22.9 Å². The first-order chi connectivity index (χ1) is 8.25. The molecule has 1 heterocycles. The van der Waals surface area contributed by atoms with Gasteiger partial charge in [0.15, 0.2) is 0 Å². The molecule has 17 heavy (non-hydrogen) atoms. The van der Waals surface area contributed by atoms with Crippen molar-refractivity contribution in [2.45, 2.75) is 31.7 Å². The molecule has 3 nitrogen and oxygen atoms in total. The van der Waals surface area contributed by atoms with E-state index in [1.807, 2.05) is 12.3 Å². The minimum absolute atomic E-state index is 0.476. The first-order valence-corrected chi connectivity index (χ1v) is 6.67. The second-order valence-electron chi connectivity index (χ2n) is 5.08. The van der Waals surface area contributed by atoms with Crippen molar-refractivity contribution in [2.75, 3.05) is 11.4 Å². The molecule has 2 aliphatic rings. The summed E-state index contributed by atoms with van der Waals surface area (Å²) < 4.78 is 0. The van der Waals surface area contributed by atoms with Crippen LogP contribution in [0.2, 0.25) is 0 Å². The number of nitrogens with two attached hydrogens (primary N) is 1. The molecule has 0 bridgehead atoms. The van der Waals surface area contributed by atoms with E-state index in [1.165, 1.54) is 25.7 Å². The van der Waals surface area contributed by atoms with E-state index < -0.39 is 0 Å². The number of anilines is 1. The van der Waals surface area contributed by atoms with Gasteiger partial charge in [-0.25, -0.2) is 0 Å². The maximum atomic E-state index is 5.80. The Bertz CT molecular complexity index is 438. The smallest absolute Gasteiger partial charge is 0.106 e. The molecule has 90 valence electrons. The number of hydrogen-bond donors (Lipinski definition) is 1. The van der Waals surface area contributed by atoms with Crippen molar-refractivity contribution in [1.82, 2.24) is 4.98 Å². The molecule has 0 atom stereocenters. The third-order valence-corrected chi connectivity index (χ3v) is 3.73. The van der Waals surface area contributed by atoms with Crippen LogP contribution in [-0.4, -0.2) is 22.6 Å². The van der Waals surface area contributed by atoms with E-state index in [0.717, 1.165) is 23.7 Å². The molecule has 0 unspecified atom stereocenters. The first kappa shape index (κ1) is 11.0. The molecule has 2 N–H and O–H groups in total. The molecular formula is C13H17N3S. The average Bonchev–Trinajstić information content (AvgIpc) is 3.17. The Labute approximate surface area is 107 Å². The fourth-order valence-corrected chi connectivity index (χ4v) is 2.40. The topological polar surface area (TPSA) is 42.1 Å². The minimum atomic E-state index is 0.476. The lowest BCUT2D eigenvalue weighted by atomic mass is 10.2. The molecule has 4 heteroatoms. The summed E-state index contributed by atoms with van der Waals surface area (Å²) in [4.78, 5) is 7.18. The van der Waals surface area contributed by atoms with E-state index in [1.54, 1.807) is 6.20 Å². The average molecular weight is 247 g/mol. The van der Waals surface area contributed by atoms with Crippen LogP contribution in [0, 0.1) is 5.92 Å². The Morgan fingerprint density at radius 1 is 1.41 bits per heavy atom. The van der Waals surface area contributed by atoms with Gasteiger partial charge in [-0.15, -0.1) is 0 Å². The number of nitrogens with zero attached hydrogens (tertiary/aromatic N) is 2. The number of thiocarbonyl (C=S) groups is 1. The predicted octanol–water partition coefficient (Wildman–Crippen LogP) is 2.09. The van der Waals surface area contributed by atoms with Gasteiger partial charge in [0.25, 0.3) is 0 Å². The Kier molecular flexibility index (Phi) is 2.74. The molecule has 0 aromatic carbocycles. The highest BCUT2D eigenvalue weighted by Gasteiger charge is 2.34. The Balaban J connectivity index is 1.90. The Morgan fingerprint density at radius 2 is 2.18 bits per heavy atom. The second kappa shape index (κ2) is 4.26. The van der Waals surface area contributed by atoms with Gasteiger partial charge in [-0.2, -0.15) is 0 Å². The molecule has 0 radical (unpaired) electrons. The van der Waals surface area contributed by atoms with Crippen LogP contribution in [0.3, 0.4) is 0 Å². The van der Waals surface area contributed by atoms with Crippen molar-refractivity contribution in [2.24, 2.45) is 11.7 Å². The summed E-state index contributed by atoms with van der Waals surface area (Å²) in [5.74, 6) is 0.870. The molecule has 2 saturated carbocycles. The number of hydrogen-bond acceptors (Lipinski definition) is 3. The van der Waals surface area contributed by atoms with Gasteiger partial charge in [-0.05, 0) is 37.7 Å². The normalized spacial score (nSPS) is 19.1. The van der Waals surface area contributed by atoms with Gasteiger partial charge in [0.1, 0.15) is 4.99 Å². The van der Waals surface area contributed by atoms with Crippen LogP contribution in [0.5, 0.6) is 0 Å². The van der Waals surface area contributed by atoms with Gasteiger partial charge in [0.2, 0.25) is 0 Å². The summed E-state index contributed by atoms with van der Waals surface area (Å²) in [6.07, 6.45) is 8.99. The first-order valence-electron chi connectivity index (χ1n) is 6.26.